The van der Waals surface area contributed by atoms with E-state index >= 15 is 0 Å². The summed E-state index contributed by atoms with van der Waals surface area (Å²) in [5.41, 5.74) is 1.12. The fourth-order valence-electron chi connectivity index (χ4n) is 2.85. The maximum absolute atomic E-state index is 12.8. The van der Waals surface area contributed by atoms with E-state index in [1.165, 1.54) is 29.2 Å². The average molecular weight is 398 g/mol. The molecule has 8 nitrogen and oxygen atoms in total. The lowest BCUT2D eigenvalue weighted by Crippen LogP contribution is -2.49. The number of anilines is 1. The Labute approximate surface area is 163 Å². The number of piperazine rings is 1. The monoisotopic (exact) mass is 398 g/mol. The highest BCUT2D eigenvalue weighted by atomic mass is 32.2. The maximum atomic E-state index is 12.8. The highest BCUT2D eigenvalue weighted by molar-refractivity contribution is 7.89. The fourth-order valence-corrected chi connectivity index (χ4v) is 4.30. The molecule has 1 aliphatic rings. The molecule has 2 aromatic carbocycles. The van der Waals surface area contributed by atoms with E-state index in [2.05, 4.69) is 5.32 Å². The molecule has 1 saturated heterocycles. The van der Waals surface area contributed by atoms with Crippen molar-refractivity contribution >= 4 is 27.5 Å². The Morgan fingerprint density at radius 3 is 2.68 bits per heavy atom. The summed E-state index contributed by atoms with van der Waals surface area (Å²) in [6.07, 6.45) is 0. The summed E-state index contributed by atoms with van der Waals surface area (Å²) >= 11 is 0. The van der Waals surface area contributed by atoms with E-state index in [9.17, 15) is 18.0 Å². The van der Waals surface area contributed by atoms with Crippen LogP contribution in [0.2, 0.25) is 0 Å². The number of nitrogens with zero attached hydrogens (tertiary/aromatic N) is 3. The largest absolute Gasteiger partial charge is 0.354 e. The van der Waals surface area contributed by atoms with Crippen molar-refractivity contribution in [1.29, 1.82) is 5.26 Å². The highest BCUT2D eigenvalue weighted by Crippen LogP contribution is 2.21. The van der Waals surface area contributed by atoms with Gasteiger partial charge in [-0.1, -0.05) is 12.1 Å². The smallest absolute Gasteiger partial charge is 0.258 e. The van der Waals surface area contributed by atoms with Gasteiger partial charge in [0.05, 0.1) is 23.1 Å². The van der Waals surface area contributed by atoms with Crippen molar-refractivity contribution in [2.24, 2.45) is 0 Å². The van der Waals surface area contributed by atoms with Crippen LogP contribution in [0.4, 0.5) is 5.69 Å². The summed E-state index contributed by atoms with van der Waals surface area (Å²) in [6, 6.07) is 14.3. The van der Waals surface area contributed by atoms with Crippen LogP contribution in [0.3, 0.4) is 0 Å². The zero-order valence-corrected chi connectivity index (χ0v) is 15.9. The molecule has 0 aromatic heterocycles. The summed E-state index contributed by atoms with van der Waals surface area (Å²) in [6.45, 7) is 0.170. The number of benzene rings is 2. The Kier molecular flexibility index (Phi) is 5.44. The number of sulfonamides is 1. The molecule has 3 rings (SSSR count). The molecule has 144 valence electrons. The van der Waals surface area contributed by atoms with Crippen LogP contribution >= 0.6 is 0 Å². The van der Waals surface area contributed by atoms with E-state index in [0.29, 0.717) is 11.3 Å². The van der Waals surface area contributed by atoms with Crippen LogP contribution in [0.1, 0.15) is 15.9 Å². The van der Waals surface area contributed by atoms with Gasteiger partial charge in [0.2, 0.25) is 15.9 Å². The highest BCUT2D eigenvalue weighted by Gasteiger charge is 2.29. The number of nitrogens with one attached hydrogen (secondary N) is 1. The molecule has 1 N–H and O–H groups in total. The van der Waals surface area contributed by atoms with Crippen LogP contribution in [-0.2, 0) is 14.8 Å². The van der Waals surface area contributed by atoms with E-state index in [-0.39, 0.29) is 36.0 Å². The van der Waals surface area contributed by atoms with Crippen molar-refractivity contribution in [3.63, 3.8) is 0 Å². The standard InChI is InChI=1S/C19H18N4O4S/c1-22(16-6-2-4-14(10-16)12-20)19(25)15-5-3-7-17(11-15)28(26,27)23-9-8-21-18(24)13-23/h2-7,10-11H,8-9,13H2,1H3,(H,21,24). The lowest BCUT2D eigenvalue weighted by molar-refractivity contribution is -0.122. The Hall–Kier alpha value is -3.22. The Bertz CT molecular complexity index is 1080. The number of carbonyl (C=O) groups excluding carboxylic acids is 2. The molecule has 0 spiro atoms. The SMILES string of the molecule is CN(C(=O)c1cccc(S(=O)(=O)N2CCNC(=O)C2)c1)c1cccc(C#N)c1. The van der Waals surface area contributed by atoms with E-state index in [1.54, 1.807) is 31.3 Å². The number of hydrogen-bond donors (Lipinski definition) is 1. The summed E-state index contributed by atoms with van der Waals surface area (Å²) in [5.74, 6) is -0.775. The van der Waals surface area contributed by atoms with Crippen LogP contribution in [-0.4, -0.2) is 51.2 Å². The van der Waals surface area contributed by atoms with Gasteiger partial charge in [-0.05, 0) is 36.4 Å². The molecule has 2 aromatic rings. The van der Waals surface area contributed by atoms with Crippen LogP contribution in [0.15, 0.2) is 53.4 Å². The average Bonchev–Trinajstić information content (AvgIpc) is 2.72. The molecule has 0 radical (unpaired) electrons. The summed E-state index contributed by atoms with van der Waals surface area (Å²) in [4.78, 5) is 25.6. The Morgan fingerprint density at radius 2 is 1.96 bits per heavy atom. The molecular weight excluding hydrogens is 380 g/mol. The van der Waals surface area contributed by atoms with Gasteiger partial charge in [0.1, 0.15) is 0 Å². The van der Waals surface area contributed by atoms with Gasteiger partial charge in [-0.2, -0.15) is 9.57 Å². The molecule has 1 heterocycles. The minimum atomic E-state index is -3.89. The van der Waals surface area contributed by atoms with E-state index in [0.717, 1.165) is 4.31 Å². The third-order valence-corrected chi connectivity index (χ3v) is 6.23. The Balaban J connectivity index is 1.89. The third kappa shape index (κ3) is 3.88. The van der Waals surface area contributed by atoms with Crippen molar-refractivity contribution in [1.82, 2.24) is 9.62 Å². The number of hydrogen-bond acceptors (Lipinski definition) is 5. The van der Waals surface area contributed by atoms with Crippen molar-refractivity contribution in [2.75, 3.05) is 31.6 Å². The first-order valence-electron chi connectivity index (χ1n) is 8.48. The molecule has 28 heavy (non-hydrogen) atoms. The van der Waals surface area contributed by atoms with Gasteiger partial charge in [0, 0.05) is 31.4 Å². The lowest BCUT2D eigenvalue weighted by atomic mass is 10.1. The predicted octanol–water partition coefficient (Wildman–Crippen LogP) is 0.955. The van der Waals surface area contributed by atoms with Gasteiger partial charge in [0.25, 0.3) is 5.91 Å². The molecule has 0 unspecified atom stereocenters. The quantitative estimate of drug-likeness (QED) is 0.825. The molecule has 0 aliphatic carbocycles. The number of rotatable bonds is 4. The van der Waals surface area contributed by atoms with Crippen molar-refractivity contribution < 1.29 is 18.0 Å². The molecular formula is C19H18N4O4S. The molecule has 1 aliphatic heterocycles. The predicted molar refractivity (Wildman–Crippen MR) is 102 cm³/mol. The maximum Gasteiger partial charge on any atom is 0.258 e. The molecule has 1 fully saturated rings. The summed E-state index contributed by atoms with van der Waals surface area (Å²) < 4.78 is 26.7. The lowest BCUT2D eigenvalue weighted by Gasteiger charge is -2.26. The van der Waals surface area contributed by atoms with E-state index < -0.39 is 15.9 Å². The van der Waals surface area contributed by atoms with Gasteiger partial charge < -0.3 is 10.2 Å². The molecule has 9 heteroatoms. The molecule has 0 saturated carbocycles. The van der Waals surface area contributed by atoms with Gasteiger partial charge in [-0.3, -0.25) is 9.59 Å². The second-order valence-electron chi connectivity index (χ2n) is 6.24. The zero-order chi connectivity index (χ0) is 20.3. The number of nitriles is 1. The first kappa shape index (κ1) is 19.5. The second-order valence-corrected chi connectivity index (χ2v) is 8.18. The van der Waals surface area contributed by atoms with Crippen LogP contribution in [0.5, 0.6) is 0 Å². The number of amides is 2. The minimum absolute atomic E-state index is 0.0489. The third-order valence-electron chi connectivity index (χ3n) is 4.39. The minimum Gasteiger partial charge on any atom is -0.354 e. The van der Waals surface area contributed by atoms with E-state index in [1.807, 2.05) is 6.07 Å². The van der Waals surface area contributed by atoms with Crippen molar-refractivity contribution in [3.8, 4) is 6.07 Å². The van der Waals surface area contributed by atoms with Gasteiger partial charge in [0.15, 0.2) is 0 Å². The first-order chi connectivity index (χ1) is 13.3. The molecule has 2 amide bonds. The summed E-state index contributed by atoms with van der Waals surface area (Å²) in [5, 5.41) is 11.6. The van der Waals surface area contributed by atoms with Crippen molar-refractivity contribution in [2.45, 2.75) is 4.90 Å². The normalized spacial score (nSPS) is 14.8. The van der Waals surface area contributed by atoms with Gasteiger partial charge >= 0.3 is 0 Å². The topological polar surface area (TPSA) is 111 Å². The molecule has 0 atom stereocenters. The number of carbonyl (C=O) groups is 2. The van der Waals surface area contributed by atoms with Crippen molar-refractivity contribution in [3.05, 3.63) is 59.7 Å². The van der Waals surface area contributed by atoms with Crippen LogP contribution < -0.4 is 10.2 Å². The second kappa shape index (κ2) is 7.80. The van der Waals surface area contributed by atoms with Gasteiger partial charge in [-0.25, -0.2) is 8.42 Å². The van der Waals surface area contributed by atoms with E-state index in [4.69, 9.17) is 5.26 Å². The first-order valence-corrected chi connectivity index (χ1v) is 9.92. The summed E-state index contributed by atoms with van der Waals surface area (Å²) in [7, 11) is -2.34. The Morgan fingerprint density at radius 1 is 1.21 bits per heavy atom. The molecule has 0 bridgehead atoms. The van der Waals surface area contributed by atoms with Gasteiger partial charge in [-0.15, -0.1) is 0 Å². The zero-order valence-electron chi connectivity index (χ0n) is 15.1. The van der Waals surface area contributed by atoms with Crippen LogP contribution in [0, 0.1) is 11.3 Å². The fraction of sp³-hybridized carbons (Fsp3) is 0.211. The van der Waals surface area contributed by atoms with Crippen LogP contribution in [0.25, 0.3) is 0 Å².